The Bertz CT molecular complexity index is 990. The molecule has 1 aromatic carbocycles. The number of carbonyl (C=O) groups is 1. The van der Waals surface area contributed by atoms with Gasteiger partial charge in [-0.05, 0) is 54.2 Å². The van der Waals surface area contributed by atoms with E-state index in [0.717, 1.165) is 31.0 Å². The Balaban J connectivity index is 0.00000242. The van der Waals surface area contributed by atoms with Crippen LogP contribution in [0.3, 0.4) is 0 Å². The lowest BCUT2D eigenvalue weighted by molar-refractivity contribution is -0.122. The average Bonchev–Trinajstić information content (AvgIpc) is 2.88. The van der Waals surface area contributed by atoms with Crippen molar-refractivity contribution in [2.24, 2.45) is 23.2 Å². The summed E-state index contributed by atoms with van der Waals surface area (Å²) in [5.41, 5.74) is 1.55. The van der Waals surface area contributed by atoms with Crippen LogP contribution in [0, 0.1) is 34.5 Å². The third-order valence-electron chi connectivity index (χ3n) is 7.38. The second kappa shape index (κ2) is 17.4. The highest BCUT2D eigenvalue weighted by molar-refractivity contribution is 8.11. The van der Waals surface area contributed by atoms with Crippen LogP contribution in [0.4, 0.5) is 4.39 Å². The van der Waals surface area contributed by atoms with Crippen LogP contribution in [-0.4, -0.2) is 42.5 Å². The van der Waals surface area contributed by atoms with Gasteiger partial charge in [0.15, 0.2) is 0 Å². The van der Waals surface area contributed by atoms with Gasteiger partial charge in [0.1, 0.15) is 5.75 Å². The minimum Gasteiger partial charge on any atom is -0.483 e. The molecule has 1 aliphatic rings. The Morgan fingerprint density at radius 2 is 2.00 bits per heavy atom. The molecule has 1 aromatic rings. The van der Waals surface area contributed by atoms with E-state index in [1.807, 2.05) is 0 Å². The fourth-order valence-electron chi connectivity index (χ4n) is 5.18. The summed E-state index contributed by atoms with van der Waals surface area (Å²) in [6.45, 7) is 22.9. The molecular formula is C32H49FN2O3S. The monoisotopic (exact) mass is 560 g/mol. The molecule has 1 saturated heterocycles. The minimum absolute atomic E-state index is 0.250. The largest absolute Gasteiger partial charge is 0.483 e. The van der Waals surface area contributed by atoms with Crippen molar-refractivity contribution in [2.45, 2.75) is 86.9 Å². The smallest absolute Gasteiger partial charge is 0.290 e. The molecule has 1 fully saturated rings. The number of alkyl halides is 1. The summed E-state index contributed by atoms with van der Waals surface area (Å²) in [6.07, 6.45) is 6.06. The van der Waals surface area contributed by atoms with E-state index in [-0.39, 0.29) is 12.9 Å². The van der Waals surface area contributed by atoms with E-state index in [4.69, 9.17) is 14.6 Å². The molecule has 1 aliphatic heterocycles. The van der Waals surface area contributed by atoms with Crippen LogP contribution in [0.25, 0.3) is 4.91 Å². The second-order valence-electron chi connectivity index (χ2n) is 11.3. The fraction of sp³-hybridized carbons (Fsp3) is 0.625. The van der Waals surface area contributed by atoms with E-state index in [9.17, 15) is 9.65 Å². The van der Waals surface area contributed by atoms with Crippen molar-refractivity contribution in [3.63, 3.8) is 0 Å². The van der Waals surface area contributed by atoms with E-state index in [1.165, 1.54) is 24.2 Å². The highest BCUT2D eigenvalue weighted by Crippen LogP contribution is 2.42. The van der Waals surface area contributed by atoms with Crippen LogP contribution in [-0.2, 0) is 4.79 Å². The van der Waals surface area contributed by atoms with E-state index in [2.05, 4.69) is 65.2 Å². The van der Waals surface area contributed by atoms with Crippen LogP contribution in [0.2, 0.25) is 0 Å². The first-order valence-electron chi connectivity index (χ1n) is 14.2. The number of piperidine rings is 1. The molecule has 1 heterocycles. The van der Waals surface area contributed by atoms with Crippen LogP contribution in [0.15, 0.2) is 35.8 Å². The number of halogens is 1. The van der Waals surface area contributed by atoms with Gasteiger partial charge >= 0.3 is 0 Å². The zero-order valence-electron chi connectivity index (χ0n) is 25.0. The molecule has 2 rings (SSSR count). The highest BCUT2D eigenvalue weighted by Gasteiger charge is 2.36. The maximum absolute atomic E-state index is 14.1. The second-order valence-corrected chi connectivity index (χ2v) is 12.6. The van der Waals surface area contributed by atoms with Gasteiger partial charge in [0, 0.05) is 41.4 Å². The summed E-state index contributed by atoms with van der Waals surface area (Å²) in [4.78, 5) is 13.0. The number of nitrogens with zero attached hydrogens (tertiary/aromatic N) is 2. The van der Waals surface area contributed by atoms with Gasteiger partial charge in [-0.3, -0.25) is 9.69 Å². The minimum atomic E-state index is -1.39. The van der Waals surface area contributed by atoms with Crippen molar-refractivity contribution in [2.75, 3.05) is 19.6 Å². The zero-order chi connectivity index (χ0) is 29.6. The van der Waals surface area contributed by atoms with Crippen molar-refractivity contribution in [3.8, 4) is 11.8 Å². The normalized spacial score (nSPS) is 21.3. The summed E-state index contributed by atoms with van der Waals surface area (Å²) in [7, 11) is 0. The molecule has 3 unspecified atom stereocenters. The Kier molecular flexibility index (Phi) is 15.5. The van der Waals surface area contributed by atoms with Crippen molar-refractivity contribution in [3.05, 3.63) is 46.9 Å². The van der Waals surface area contributed by atoms with Gasteiger partial charge in [0.05, 0.1) is 11.6 Å². The number of ether oxygens (including phenoxy) is 1. The molecule has 0 amide bonds. The number of likely N-dealkylation sites (tertiary alicyclic amines) is 1. The molecule has 0 spiro atoms. The molecule has 0 saturated carbocycles. The maximum atomic E-state index is 14.1. The number of carboxylic acid groups (broad SMARTS) is 1. The molecule has 7 heteroatoms. The first-order chi connectivity index (χ1) is 18.4. The van der Waals surface area contributed by atoms with E-state index < -0.39 is 6.36 Å². The summed E-state index contributed by atoms with van der Waals surface area (Å²) in [6, 6.07) is 7.32. The fourth-order valence-corrected chi connectivity index (χ4v) is 6.31. The lowest BCUT2D eigenvalue weighted by Gasteiger charge is -2.46. The maximum Gasteiger partial charge on any atom is 0.290 e. The summed E-state index contributed by atoms with van der Waals surface area (Å²) in [5.74, 6) is 2.24. The molecule has 39 heavy (non-hydrogen) atoms. The lowest BCUT2D eigenvalue weighted by Crippen LogP contribution is -2.47. The zero-order valence-corrected chi connectivity index (χ0v) is 25.8. The van der Waals surface area contributed by atoms with Gasteiger partial charge in [-0.15, -0.1) is 0 Å². The van der Waals surface area contributed by atoms with Crippen molar-refractivity contribution in [1.29, 1.82) is 5.26 Å². The molecule has 0 bridgehead atoms. The predicted molar refractivity (Wildman–Crippen MR) is 162 cm³/mol. The third-order valence-corrected chi connectivity index (χ3v) is 8.38. The van der Waals surface area contributed by atoms with Gasteiger partial charge < -0.3 is 9.84 Å². The number of benzene rings is 1. The van der Waals surface area contributed by atoms with Crippen LogP contribution < -0.4 is 4.74 Å². The summed E-state index contributed by atoms with van der Waals surface area (Å²) < 4.78 is 19.7. The molecule has 1 N–H and O–H groups in total. The SMILES string of the molecule is C=C(S/C(=C\C(C)CC)CN1CC(C(C)C)C[C@](C)(CCC)C1)c1cc(C#N)ccc1OC(F)CC.O=CO. The van der Waals surface area contributed by atoms with E-state index >= 15 is 0 Å². The number of hydrogen-bond acceptors (Lipinski definition) is 5. The Hall–Kier alpha value is -2.30. The van der Waals surface area contributed by atoms with E-state index in [1.54, 1.807) is 36.9 Å². The quantitative estimate of drug-likeness (QED) is 0.243. The molecular weight excluding hydrogens is 511 g/mol. The number of nitriles is 1. The average molecular weight is 561 g/mol. The van der Waals surface area contributed by atoms with Gasteiger partial charge in [-0.1, -0.05) is 85.7 Å². The number of thioether (sulfide) groups is 1. The predicted octanol–water partition coefficient (Wildman–Crippen LogP) is 8.76. The van der Waals surface area contributed by atoms with Gasteiger partial charge in [0.25, 0.3) is 6.47 Å². The van der Waals surface area contributed by atoms with Crippen LogP contribution in [0.5, 0.6) is 5.75 Å². The molecule has 0 aromatic heterocycles. The summed E-state index contributed by atoms with van der Waals surface area (Å²) in [5, 5.41) is 16.3. The molecule has 4 atom stereocenters. The van der Waals surface area contributed by atoms with Crippen molar-refractivity contribution >= 4 is 23.1 Å². The first kappa shape index (κ1) is 34.7. The Morgan fingerprint density at radius 3 is 2.54 bits per heavy atom. The third kappa shape index (κ3) is 11.8. The van der Waals surface area contributed by atoms with Crippen LogP contribution in [0.1, 0.15) is 91.7 Å². The summed E-state index contributed by atoms with van der Waals surface area (Å²) >= 11 is 1.64. The first-order valence-corrected chi connectivity index (χ1v) is 15.0. The molecule has 0 aliphatic carbocycles. The Labute approximate surface area is 240 Å². The van der Waals surface area contributed by atoms with Crippen molar-refractivity contribution < 1.29 is 19.0 Å². The number of hydrogen-bond donors (Lipinski definition) is 1. The lowest BCUT2D eigenvalue weighted by atomic mass is 9.71. The standard InChI is InChI=1S/C31H47FN2OS.CH2O2/c1-9-14-31(8)17-26(22(4)5)19-34(21-31)20-27(15-23(6)10-2)36-24(7)28-16-25(18-33)12-13-29(28)35-30(32)11-3;2-1-3/h12-13,15-16,22-23,26,30H,7,9-11,14,17,19-21H2,1-6,8H3;1H,(H,2,3)/b27-15-;/t23?,26?,30?,31-;/m0./s1. The van der Waals surface area contributed by atoms with Gasteiger partial charge in [-0.25, -0.2) is 4.39 Å². The number of allylic oxidation sites excluding steroid dienone is 1. The van der Waals surface area contributed by atoms with E-state index in [0.29, 0.717) is 40.0 Å². The van der Waals surface area contributed by atoms with Crippen molar-refractivity contribution in [1.82, 2.24) is 4.90 Å². The highest BCUT2D eigenvalue weighted by atomic mass is 32.2. The number of rotatable bonds is 13. The molecule has 0 radical (unpaired) electrons. The Morgan fingerprint density at radius 1 is 1.33 bits per heavy atom. The topological polar surface area (TPSA) is 73.6 Å². The molecule has 5 nitrogen and oxygen atoms in total. The van der Waals surface area contributed by atoms with Gasteiger partial charge in [0.2, 0.25) is 6.36 Å². The van der Waals surface area contributed by atoms with Crippen LogP contribution >= 0.6 is 11.8 Å². The molecule has 218 valence electrons. The van der Waals surface area contributed by atoms with Gasteiger partial charge in [-0.2, -0.15) is 5.26 Å².